The molecular formula is C28H30Br2N2S2. The maximum atomic E-state index is 4.41. The third kappa shape index (κ3) is 5.92. The average molecular weight is 619 g/mol. The zero-order valence-electron chi connectivity index (χ0n) is 19.4. The number of halogens is 2. The van der Waals surface area contributed by atoms with E-state index in [2.05, 4.69) is 110 Å². The molecule has 0 saturated heterocycles. The molecule has 2 atom stereocenters. The number of thiophene rings is 2. The van der Waals surface area contributed by atoms with Crippen molar-refractivity contribution < 1.29 is 0 Å². The van der Waals surface area contributed by atoms with Crippen LogP contribution in [0.4, 0.5) is 0 Å². The summed E-state index contributed by atoms with van der Waals surface area (Å²) in [6.45, 7) is 9.68. The number of fused-ring (bicyclic) bond motifs is 2. The molecule has 4 aromatic rings. The topological polar surface area (TPSA) is 24.1 Å². The maximum Gasteiger partial charge on any atom is 0.0418 e. The molecule has 2 aromatic carbocycles. The van der Waals surface area contributed by atoms with E-state index in [-0.39, 0.29) is 12.1 Å². The summed E-state index contributed by atoms with van der Waals surface area (Å²) < 4.78 is 2.64. The van der Waals surface area contributed by atoms with E-state index in [9.17, 15) is 0 Å². The van der Waals surface area contributed by atoms with Gasteiger partial charge in [-0.2, -0.15) is 0 Å². The van der Waals surface area contributed by atoms with E-state index >= 15 is 0 Å². The molecule has 0 aliphatic carbocycles. The fourth-order valence-corrected chi connectivity index (χ4v) is 7.22. The van der Waals surface area contributed by atoms with Gasteiger partial charge < -0.3 is 10.6 Å². The Kier molecular flexibility index (Phi) is 9.19. The lowest BCUT2D eigenvalue weighted by Gasteiger charge is -2.19. The minimum atomic E-state index is 0.203. The summed E-state index contributed by atoms with van der Waals surface area (Å²) in [5, 5.41) is 13.6. The molecule has 2 unspecified atom stereocenters. The van der Waals surface area contributed by atoms with Crippen molar-refractivity contribution in [3.05, 3.63) is 83.1 Å². The van der Waals surface area contributed by atoms with Gasteiger partial charge in [0.15, 0.2) is 0 Å². The van der Waals surface area contributed by atoms with Crippen LogP contribution >= 0.6 is 54.5 Å². The highest BCUT2D eigenvalue weighted by Crippen LogP contribution is 2.31. The number of hydrogen-bond donors (Lipinski definition) is 2. The molecule has 0 fully saturated rings. The molecule has 0 aliphatic rings. The van der Waals surface area contributed by atoms with Crippen molar-refractivity contribution in [2.45, 2.75) is 24.9 Å². The van der Waals surface area contributed by atoms with Gasteiger partial charge in [-0.3, -0.25) is 0 Å². The van der Waals surface area contributed by atoms with Crippen LogP contribution in [0.3, 0.4) is 0 Å². The quantitative estimate of drug-likeness (QED) is 0.157. The Labute approximate surface area is 227 Å². The molecule has 0 spiro atoms. The smallest absolute Gasteiger partial charge is 0.0418 e. The molecule has 0 radical (unpaired) electrons. The van der Waals surface area contributed by atoms with Gasteiger partial charge >= 0.3 is 0 Å². The van der Waals surface area contributed by atoms with E-state index in [0.29, 0.717) is 0 Å². The minimum Gasteiger partial charge on any atom is -0.313 e. The molecule has 0 saturated carbocycles. The molecule has 0 aliphatic heterocycles. The molecular weight excluding hydrogens is 588 g/mol. The number of benzene rings is 2. The summed E-state index contributed by atoms with van der Waals surface area (Å²) in [6.07, 6.45) is 2.02. The van der Waals surface area contributed by atoms with Crippen molar-refractivity contribution in [2.75, 3.05) is 24.3 Å². The van der Waals surface area contributed by atoms with E-state index in [4.69, 9.17) is 0 Å². The normalized spacial score (nSPS) is 13.4. The third-order valence-electron chi connectivity index (χ3n) is 6.27. The summed E-state index contributed by atoms with van der Waals surface area (Å²) in [6, 6.07) is 18.3. The first kappa shape index (κ1) is 25.8. The SMILES string of the molecule is C=C(c1ccc2cc(CCNC(CBr)C(=C)c3ccc4ccsc4c3)sc2c1)C(CCBr)NC. The highest BCUT2D eigenvalue weighted by molar-refractivity contribution is 9.09. The maximum absolute atomic E-state index is 4.41. The highest BCUT2D eigenvalue weighted by atomic mass is 79.9. The predicted molar refractivity (Wildman–Crippen MR) is 162 cm³/mol. The van der Waals surface area contributed by atoms with E-state index < -0.39 is 0 Å². The van der Waals surface area contributed by atoms with Crippen LogP contribution in [-0.2, 0) is 6.42 Å². The van der Waals surface area contributed by atoms with Gasteiger partial charge in [0.25, 0.3) is 0 Å². The van der Waals surface area contributed by atoms with E-state index in [1.165, 1.54) is 36.2 Å². The second-order valence-corrected chi connectivity index (χ2v) is 12.0. The number of nitrogens with one attached hydrogen (secondary N) is 2. The fourth-order valence-electron chi connectivity index (χ4n) is 4.21. The van der Waals surface area contributed by atoms with Crippen LogP contribution in [0.25, 0.3) is 31.3 Å². The summed E-state index contributed by atoms with van der Waals surface area (Å²) in [5.74, 6) is 0. The first-order valence-electron chi connectivity index (χ1n) is 11.4. The van der Waals surface area contributed by atoms with Gasteiger partial charge in [0, 0.05) is 43.6 Å². The van der Waals surface area contributed by atoms with Crippen molar-refractivity contribution >= 4 is 85.9 Å². The monoisotopic (exact) mass is 616 g/mol. The molecule has 6 heteroatoms. The third-order valence-corrected chi connectivity index (χ3v) is 9.42. The van der Waals surface area contributed by atoms with Crippen molar-refractivity contribution in [1.82, 2.24) is 10.6 Å². The van der Waals surface area contributed by atoms with Crippen LogP contribution in [0.2, 0.25) is 0 Å². The van der Waals surface area contributed by atoms with Gasteiger partial charge in [-0.25, -0.2) is 0 Å². The number of hydrogen-bond acceptors (Lipinski definition) is 4. The van der Waals surface area contributed by atoms with Gasteiger partial charge in [0.2, 0.25) is 0 Å². The van der Waals surface area contributed by atoms with Crippen LogP contribution in [0.5, 0.6) is 0 Å². The van der Waals surface area contributed by atoms with Crippen LogP contribution in [0, 0.1) is 0 Å². The van der Waals surface area contributed by atoms with Crippen molar-refractivity contribution in [1.29, 1.82) is 0 Å². The minimum absolute atomic E-state index is 0.203. The van der Waals surface area contributed by atoms with Gasteiger partial charge in [-0.15, -0.1) is 22.7 Å². The first-order valence-corrected chi connectivity index (χ1v) is 15.4. The Morgan fingerprint density at radius 1 is 0.912 bits per heavy atom. The molecule has 178 valence electrons. The summed E-state index contributed by atoms with van der Waals surface area (Å²) >= 11 is 10.9. The molecule has 2 aromatic heterocycles. The zero-order valence-corrected chi connectivity index (χ0v) is 24.2. The van der Waals surface area contributed by atoms with E-state index in [1.807, 2.05) is 18.4 Å². The van der Waals surface area contributed by atoms with Gasteiger partial charge in [-0.1, -0.05) is 69.3 Å². The summed E-state index contributed by atoms with van der Waals surface area (Å²) in [4.78, 5) is 1.40. The van der Waals surface area contributed by atoms with E-state index in [0.717, 1.165) is 41.2 Å². The first-order chi connectivity index (χ1) is 16.5. The molecule has 0 bridgehead atoms. The zero-order chi connectivity index (χ0) is 24.1. The number of likely N-dealkylation sites (N-methyl/N-ethyl adjacent to an activating group) is 1. The Balaban J connectivity index is 1.39. The Morgan fingerprint density at radius 3 is 2.32 bits per heavy atom. The molecule has 34 heavy (non-hydrogen) atoms. The lowest BCUT2D eigenvalue weighted by molar-refractivity contribution is 0.655. The Hall–Kier alpha value is -1.28. The largest absolute Gasteiger partial charge is 0.313 e. The van der Waals surface area contributed by atoms with Gasteiger partial charge in [-0.05, 0) is 82.6 Å². The Bertz CT molecular complexity index is 1290. The molecule has 2 N–H and O–H groups in total. The number of alkyl halides is 2. The Morgan fingerprint density at radius 2 is 1.62 bits per heavy atom. The van der Waals surface area contributed by atoms with Crippen LogP contribution < -0.4 is 10.6 Å². The average Bonchev–Trinajstić information content (AvgIpc) is 3.49. The highest BCUT2D eigenvalue weighted by Gasteiger charge is 2.15. The molecule has 2 heterocycles. The van der Waals surface area contributed by atoms with Crippen LogP contribution in [-0.4, -0.2) is 36.3 Å². The van der Waals surface area contributed by atoms with Crippen molar-refractivity contribution in [3.63, 3.8) is 0 Å². The van der Waals surface area contributed by atoms with Gasteiger partial charge in [0.05, 0.1) is 0 Å². The standard InChI is InChI=1S/C28H30Br2N2S2/c1-18(25(31-3)8-11-29)22-6-7-23-14-24(34-28(23)16-22)9-12-32-26(17-30)19(2)21-5-4-20-10-13-33-27(20)15-21/h4-7,10,13-16,25-26,31-32H,1-2,8-9,11-12,17H2,3H3. The van der Waals surface area contributed by atoms with E-state index in [1.54, 1.807) is 11.3 Å². The molecule has 2 nitrogen and oxygen atoms in total. The fraction of sp³-hybridized carbons (Fsp3) is 0.286. The van der Waals surface area contributed by atoms with Crippen molar-refractivity contribution in [2.24, 2.45) is 0 Å². The second-order valence-electron chi connectivity index (χ2n) is 8.42. The second kappa shape index (κ2) is 12.1. The summed E-state index contributed by atoms with van der Waals surface area (Å²) in [5.41, 5.74) is 4.72. The van der Waals surface area contributed by atoms with Crippen LogP contribution in [0.1, 0.15) is 22.4 Å². The molecule has 0 amide bonds. The predicted octanol–water partition coefficient (Wildman–Crippen LogP) is 8.11. The molecule has 4 rings (SSSR count). The number of rotatable bonds is 12. The van der Waals surface area contributed by atoms with Crippen molar-refractivity contribution in [3.8, 4) is 0 Å². The summed E-state index contributed by atoms with van der Waals surface area (Å²) in [7, 11) is 2.00. The van der Waals surface area contributed by atoms with Crippen LogP contribution in [0.15, 0.2) is 67.1 Å². The van der Waals surface area contributed by atoms with Gasteiger partial charge in [0.1, 0.15) is 0 Å². The lowest BCUT2D eigenvalue weighted by Crippen LogP contribution is -2.33. The lowest BCUT2D eigenvalue weighted by atomic mass is 9.98.